The van der Waals surface area contributed by atoms with Crippen LogP contribution in [0.1, 0.15) is 51.3 Å². The third-order valence-electron chi connectivity index (χ3n) is 5.54. The maximum Gasteiger partial charge on any atom is 0.191 e. The van der Waals surface area contributed by atoms with Gasteiger partial charge in [0.05, 0.1) is 0 Å². The zero-order valence-corrected chi connectivity index (χ0v) is 16.9. The van der Waals surface area contributed by atoms with Crippen LogP contribution >= 0.6 is 11.8 Å². The number of likely N-dealkylation sites (tertiary alicyclic amines) is 2. The van der Waals surface area contributed by atoms with E-state index >= 15 is 0 Å². The first-order valence-corrected chi connectivity index (χ1v) is 10.7. The maximum atomic E-state index is 4.56. The van der Waals surface area contributed by atoms with Crippen molar-refractivity contribution in [2.75, 3.05) is 45.0 Å². The first-order chi connectivity index (χ1) is 12.2. The second-order valence-corrected chi connectivity index (χ2v) is 8.57. The lowest BCUT2D eigenvalue weighted by molar-refractivity contribution is 0.217. The predicted octanol–water partition coefficient (Wildman–Crippen LogP) is 3.15. The van der Waals surface area contributed by atoms with Gasteiger partial charge in [-0.25, -0.2) is 0 Å². The van der Waals surface area contributed by atoms with Crippen molar-refractivity contribution in [1.82, 2.24) is 24.6 Å². The third kappa shape index (κ3) is 5.08. The molecule has 6 heteroatoms. The fraction of sp³-hybridized carbons (Fsp3) is 0.789. The van der Waals surface area contributed by atoms with Gasteiger partial charge in [0.15, 0.2) is 5.16 Å². The molecule has 2 aliphatic rings. The summed E-state index contributed by atoms with van der Waals surface area (Å²) in [6, 6.07) is 0. The summed E-state index contributed by atoms with van der Waals surface area (Å²) in [4.78, 5) is 5.13. The molecule has 1 aromatic heterocycles. The van der Waals surface area contributed by atoms with Crippen LogP contribution in [0.5, 0.6) is 0 Å². The monoisotopic (exact) mass is 363 g/mol. The van der Waals surface area contributed by atoms with Crippen LogP contribution in [-0.2, 0) is 7.05 Å². The van der Waals surface area contributed by atoms with Crippen LogP contribution in [0.2, 0.25) is 0 Å². The van der Waals surface area contributed by atoms with Gasteiger partial charge in [-0.2, -0.15) is 0 Å². The molecular formula is C19H33N5S. The molecule has 0 saturated carbocycles. The number of aromatic nitrogens is 3. The molecule has 2 saturated heterocycles. The smallest absolute Gasteiger partial charge is 0.191 e. The van der Waals surface area contributed by atoms with Crippen molar-refractivity contribution in [3.8, 4) is 0 Å². The number of hydrogen-bond acceptors (Lipinski definition) is 5. The molecule has 2 aliphatic heterocycles. The predicted molar refractivity (Wildman–Crippen MR) is 105 cm³/mol. The minimum atomic E-state index is 0.517. The molecule has 3 rings (SSSR count). The Morgan fingerprint density at radius 1 is 1.16 bits per heavy atom. The highest BCUT2D eigenvalue weighted by Crippen LogP contribution is 2.28. The van der Waals surface area contributed by atoms with Crippen molar-refractivity contribution in [1.29, 1.82) is 0 Å². The van der Waals surface area contributed by atoms with Gasteiger partial charge in [-0.05, 0) is 59.2 Å². The number of allylic oxidation sites excluding steroid dienone is 1. The van der Waals surface area contributed by atoms with E-state index in [1.807, 2.05) is 11.8 Å². The van der Waals surface area contributed by atoms with E-state index in [2.05, 4.69) is 51.5 Å². The summed E-state index contributed by atoms with van der Waals surface area (Å²) < 4.78 is 2.24. The summed E-state index contributed by atoms with van der Waals surface area (Å²) in [5, 5.41) is 10.1. The van der Waals surface area contributed by atoms with Crippen LogP contribution in [0.3, 0.4) is 0 Å². The molecule has 0 radical (unpaired) electrons. The zero-order valence-electron chi connectivity index (χ0n) is 16.1. The van der Waals surface area contributed by atoms with Crippen molar-refractivity contribution < 1.29 is 0 Å². The number of hydrogen-bond donors (Lipinski definition) is 0. The third-order valence-corrected chi connectivity index (χ3v) is 6.54. The highest BCUT2D eigenvalue weighted by atomic mass is 32.2. The van der Waals surface area contributed by atoms with Crippen molar-refractivity contribution in [3.05, 3.63) is 17.5 Å². The second-order valence-electron chi connectivity index (χ2n) is 7.51. The van der Waals surface area contributed by atoms with Gasteiger partial charge in [-0.1, -0.05) is 23.4 Å². The average Bonchev–Trinajstić information content (AvgIpc) is 3.26. The summed E-state index contributed by atoms with van der Waals surface area (Å²) in [5.74, 6) is 2.80. The van der Waals surface area contributed by atoms with Crippen molar-refractivity contribution in [3.63, 3.8) is 0 Å². The van der Waals surface area contributed by atoms with Gasteiger partial charge < -0.3 is 9.47 Å². The van der Waals surface area contributed by atoms with Crippen molar-refractivity contribution >= 4 is 11.8 Å². The minimum Gasteiger partial charge on any atom is -0.309 e. The molecule has 1 aromatic rings. The molecule has 1 unspecified atom stereocenters. The van der Waals surface area contributed by atoms with Crippen molar-refractivity contribution in [2.24, 2.45) is 7.05 Å². The number of nitrogens with zero attached hydrogens (tertiary/aromatic N) is 5. The van der Waals surface area contributed by atoms with E-state index < -0.39 is 0 Å². The second kappa shape index (κ2) is 9.19. The molecule has 140 valence electrons. The zero-order chi connectivity index (χ0) is 17.6. The molecule has 0 N–H and O–H groups in total. The fourth-order valence-electron chi connectivity index (χ4n) is 3.93. The average molecular weight is 364 g/mol. The van der Waals surface area contributed by atoms with E-state index in [0.717, 1.165) is 24.0 Å². The van der Waals surface area contributed by atoms with Gasteiger partial charge in [0.1, 0.15) is 5.82 Å². The van der Waals surface area contributed by atoms with Crippen LogP contribution in [0.4, 0.5) is 0 Å². The fourth-order valence-corrected chi connectivity index (χ4v) is 4.85. The molecule has 0 amide bonds. The summed E-state index contributed by atoms with van der Waals surface area (Å²) in [7, 11) is 2.14. The highest BCUT2D eigenvalue weighted by molar-refractivity contribution is 7.99. The Balaban J connectivity index is 1.54. The quantitative estimate of drug-likeness (QED) is 0.549. The molecule has 0 aromatic carbocycles. The standard InChI is InChI=1S/C19H33N5S/c1-4-16(2)14-24-11-7-8-17(15-24)18-20-21-19(22(18)3)25-13-12-23-9-5-6-10-23/h4,17H,5-15H2,1-3H3/b16-4+. The van der Waals surface area contributed by atoms with Crippen LogP contribution in [0, 0.1) is 0 Å². The number of thioether (sulfide) groups is 1. The summed E-state index contributed by atoms with van der Waals surface area (Å²) in [6.07, 6.45) is 7.44. The van der Waals surface area contributed by atoms with E-state index in [4.69, 9.17) is 0 Å². The number of rotatable bonds is 7. The maximum absolute atomic E-state index is 4.56. The molecule has 1 atom stereocenters. The van der Waals surface area contributed by atoms with E-state index in [1.165, 1.54) is 63.3 Å². The van der Waals surface area contributed by atoms with Crippen LogP contribution in [-0.4, -0.2) is 69.6 Å². The van der Waals surface area contributed by atoms with Gasteiger partial charge in [0, 0.05) is 38.4 Å². The van der Waals surface area contributed by atoms with Gasteiger partial charge in [0.2, 0.25) is 0 Å². The normalized spacial score (nSPS) is 23.5. The van der Waals surface area contributed by atoms with Crippen LogP contribution in [0.15, 0.2) is 16.8 Å². The SMILES string of the molecule is C/C=C(\C)CN1CCCC(c2nnc(SCCN3CCCC3)n2C)C1. The van der Waals surface area contributed by atoms with Crippen LogP contribution in [0.25, 0.3) is 0 Å². The molecule has 3 heterocycles. The first-order valence-electron chi connectivity index (χ1n) is 9.76. The van der Waals surface area contributed by atoms with Gasteiger partial charge in [0.25, 0.3) is 0 Å². The Kier molecular flexibility index (Phi) is 6.96. The van der Waals surface area contributed by atoms with Gasteiger partial charge in [-0.3, -0.25) is 4.90 Å². The van der Waals surface area contributed by atoms with Gasteiger partial charge >= 0.3 is 0 Å². The lowest BCUT2D eigenvalue weighted by Gasteiger charge is -2.32. The Morgan fingerprint density at radius 2 is 1.92 bits per heavy atom. The Morgan fingerprint density at radius 3 is 2.68 bits per heavy atom. The number of piperidine rings is 1. The lowest BCUT2D eigenvalue weighted by Crippen LogP contribution is -2.36. The van der Waals surface area contributed by atoms with Crippen LogP contribution < -0.4 is 0 Å². The van der Waals surface area contributed by atoms with E-state index in [0.29, 0.717) is 5.92 Å². The van der Waals surface area contributed by atoms with E-state index in [1.54, 1.807) is 0 Å². The summed E-state index contributed by atoms with van der Waals surface area (Å²) in [6.45, 7) is 11.5. The molecule has 25 heavy (non-hydrogen) atoms. The molecule has 0 bridgehead atoms. The molecule has 0 spiro atoms. The topological polar surface area (TPSA) is 37.2 Å². The molecule has 2 fully saturated rings. The van der Waals surface area contributed by atoms with Gasteiger partial charge in [-0.15, -0.1) is 10.2 Å². The molecular weight excluding hydrogens is 330 g/mol. The lowest BCUT2D eigenvalue weighted by atomic mass is 9.97. The highest BCUT2D eigenvalue weighted by Gasteiger charge is 2.26. The first kappa shape index (κ1) is 18.9. The minimum absolute atomic E-state index is 0.517. The van der Waals surface area contributed by atoms with Crippen molar-refractivity contribution in [2.45, 2.75) is 50.6 Å². The Labute approximate surface area is 156 Å². The summed E-state index contributed by atoms with van der Waals surface area (Å²) >= 11 is 1.86. The summed E-state index contributed by atoms with van der Waals surface area (Å²) in [5.41, 5.74) is 1.46. The molecule has 5 nitrogen and oxygen atoms in total. The Hall–Kier alpha value is -0.850. The Bertz CT molecular complexity index is 576. The molecule has 0 aliphatic carbocycles. The largest absolute Gasteiger partial charge is 0.309 e. The van der Waals surface area contributed by atoms with E-state index in [-0.39, 0.29) is 0 Å². The van der Waals surface area contributed by atoms with E-state index in [9.17, 15) is 0 Å².